The first-order valence-corrected chi connectivity index (χ1v) is 11.2. The summed E-state index contributed by atoms with van der Waals surface area (Å²) in [5.74, 6) is 1.49. The third-order valence-corrected chi connectivity index (χ3v) is 7.12. The van der Waals surface area contributed by atoms with Gasteiger partial charge in [0.1, 0.15) is 5.82 Å². The highest BCUT2D eigenvalue weighted by molar-refractivity contribution is 7.17. The molecule has 5 rings (SSSR count). The number of aliphatic imine (C=N–C) groups is 1. The molecule has 30 heavy (non-hydrogen) atoms. The highest BCUT2D eigenvalue weighted by Gasteiger charge is 2.32. The summed E-state index contributed by atoms with van der Waals surface area (Å²) in [5.41, 5.74) is 2.99. The van der Waals surface area contributed by atoms with E-state index in [1.165, 1.54) is 0 Å². The summed E-state index contributed by atoms with van der Waals surface area (Å²) in [7, 11) is 1.82. The Morgan fingerprint density at radius 1 is 1.23 bits per heavy atom. The molecule has 2 aromatic heterocycles. The fourth-order valence-corrected chi connectivity index (χ4v) is 5.36. The number of amides is 1. The van der Waals surface area contributed by atoms with Gasteiger partial charge in [-0.15, -0.1) is 11.3 Å². The standard InChI is InChI=1S/C23H21ClN4OS/c1-25-11-15-8-9-27(13-15)21-7-6-19(12-26-21)28-14-17-10-20(30-22(17)23(28)29)16-2-4-18(24)5-3-16/h2-7,10-12,15H,8-9,13-14H2,1H3. The van der Waals surface area contributed by atoms with Crippen LogP contribution >= 0.6 is 22.9 Å². The number of nitrogens with zero attached hydrogens (tertiary/aromatic N) is 4. The number of benzene rings is 1. The highest BCUT2D eigenvalue weighted by atomic mass is 35.5. The Bertz CT molecular complexity index is 1110. The summed E-state index contributed by atoms with van der Waals surface area (Å²) in [5, 5.41) is 0.712. The summed E-state index contributed by atoms with van der Waals surface area (Å²) in [6.07, 6.45) is 4.93. The zero-order valence-corrected chi connectivity index (χ0v) is 18.2. The number of thiophene rings is 1. The predicted molar refractivity (Wildman–Crippen MR) is 124 cm³/mol. The SMILES string of the molecule is CN=CC1CCN(c2ccc(N3Cc4cc(-c5ccc(Cl)cc5)sc4C3=O)cn2)C1. The van der Waals surface area contributed by atoms with Crippen molar-refractivity contribution in [1.29, 1.82) is 0 Å². The molecule has 7 heteroatoms. The van der Waals surface area contributed by atoms with E-state index < -0.39 is 0 Å². The van der Waals surface area contributed by atoms with Crippen LogP contribution < -0.4 is 9.80 Å². The Hall–Kier alpha value is -2.70. The molecule has 0 bridgehead atoms. The van der Waals surface area contributed by atoms with Crippen molar-refractivity contribution in [2.45, 2.75) is 13.0 Å². The Kier molecular flexibility index (Phi) is 5.05. The van der Waals surface area contributed by atoms with Gasteiger partial charge in [-0.05, 0) is 47.9 Å². The smallest absolute Gasteiger partial charge is 0.269 e. The van der Waals surface area contributed by atoms with E-state index in [1.54, 1.807) is 16.2 Å². The lowest BCUT2D eigenvalue weighted by atomic mass is 10.1. The molecule has 2 aliphatic rings. The van der Waals surface area contributed by atoms with E-state index in [9.17, 15) is 4.79 Å². The van der Waals surface area contributed by atoms with Crippen molar-refractivity contribution in [2.75, 3.05) is 29.9 Å². The molecule has 0 N–H and O–H groups in total. The highest BCUT2D eigenvalue weighted by Crippen LogP contribution is 2.38. The summed E-state index contributed by atoms with van der Waals surface area (Å²) >= 11 is 7.53. The zero-order valence-electron chi connectivity index (χ0n) is 16.6. The third-order valence-electron chi connectivity index (χ3n) is 5.66. The molecule has 1 aromatic carbocycles. The molecule has 4 heterocycles. The van der Waals surface area contributed by atoms with Crippen LogP contribution in [0.3, 0.4) is 0 Å². The molecule has 152 valence electrons. The van der Waals surface area contributed by atoms with E-state index >= 15 is 0 Å². The van der Waals surface area contributed by atoms with Crippen LogP contribution in [0.5, 0.6) is 0 Å². The average Bonchev–Trinajstić information content (AvgIpc) is 3.46. The molecule has 1 atom stereocenters. The fraction of sp³-hybridized carbons (Fsp3) is 0.261. The lowest BCUT2D eigenvalue weighted by molar-refractivity contribution is 0.1000. The van der Waals surface area contributed by atoms with Gasteiger partial charge in [0.2, 0.25) is 0 Å². The van der Waals surface area contributed by atoms with Crippen LogP contribution in [0.1, 0.15) is 21.7 Å². The van der Waals surface area contributed by atoms with Crippen LogP contribution in [-0.4, -0.2) is 37.2 Å². The largest absolute Gasteiger partial charge is 0.356 e. The molecular weight excluding hydrogens is 416 g/mol. The molecule has 5 nitrogen and oxygen atoms in total. The van der Waals surface area contributed by atoms with Crippen molar-refractivity contribution in [3.8, 4) is 10.4 Å². The van der Waals surface area contributed by atoms with E-state index in [0.717, 1.165) is 51.9 Å². The van der Waals surface area contributed by atoms with E-state index in [4.69, 9.17) is 11.6 Å². The molecule has 3 aromatic rings. The Labute approximate surface area is 184 Å². The van der Waals surface area contributed by atoms with Crippen LogP contribution in [0, 0.1) is 5.92 Å². The van der Waals surface area contributed by atoms with Gasteiger partial charge in [0.05, 0.1) is 23.3 Å². The van der Waals surface area contributed by atoms with E-state index in [0.29, 0.717) is 17.5 Å². The molecule has 0 aliphatic carbocycles. The Balaban J connectivity index is 1.31. The van der Waals surface area contributed by atoms with Crippen molar-refractivity contribution in [3.05, 3.63) is 64.1 Å². The van der Waals surface area contributed by atoms with Crippen LogP contribution in [0.2, 0.25) is 5.02 Å². The number of rotatable bonds is 4. The van der Waals surface area contributed by atoms with Gasteiger partial charge in [-0.25, -0.2) is 4.98 Å². The normalized spacial score (nSPS) is 18.6. The lowest BCUT2D eigenvalue weighted by Gasteiger charge is -2.19. The Morgan fingerprint density at radius 2 is 2.07 bits per heavy atom. The topological polar surface area (TPSA) is 48.8 Å². The molecular formula is C23H21ClN4OS. The first kappa shape index (κ1) is 19.3. The van der Waals surface area contributed by atoms with Crippen molar-refractivity contribution in [2.24, 2.45) is 10.9 Å². The molecule has 0 spiro atoms. The molecule has 1 amide bonds. The number of anilines is 2. The molecule has 0 saturated carbocycles. The lowest BCUT2D eigenvalue weighted by Crippen LogP contribution is -2.24. The van der Waals surface area contributed by atoms with Crippen molar-refractivity contribution < 1.29 is 4.79 Å². The van der Waals surface area contributed by atoms with Gasteiger partial charge >= 0.3 is 0 Å². The molecule has 1 unspecified atom stereocenters. The molecule has 1 fully saturated rings. The van der Waals surface area contributed by atoms with Gasteiger partial charge in [-0.2, -0.15) is 0 Å². The minimum absolute atomic E-state index is 0.0464. The number of carbonyl (C=O) groups excluding carboxylic acids is 1. The van der Waals surface area contributed by atoms with Gasteiger partial charge in [-0.3, -0.25) is 4.79 Å². The van der Waals surface area contributed by atoms with Gasteiger partial charge < -0.3 is 14.8 Å². The Morgan fingerprint density at radius 3 is 2.77 bits per heavy atom. The van der Waals surface area contributed by atoms with Crippen LogP contribution in [0.25, 0.3) is 10.4 Å². The van der Waals surface area contributed by atoms with Crippen molar-refractivity contribution >= 4 is 46.6 Å². The van der Waals surface area contributed by atoms with Gasteiger partial charge in [-0.1, -0.05) is 23.7 Å². The second-order valence-electron chi connectivity index (χ2n) is 7.64. The maximum Gasteiger partial charge on any atom is 0.269 e. The summed E-state index contributed by atoms with van der Waals surface area (Å²) in [6.45, 7) is 2.51. The van der Waals surface area contributed by atoms with E-state index in [-0.39, 0.29) is 5.91 Å². The van der Waals surface area contributed by atoms with Crippen molar-refractivity contribution in [1.82, 2.24) is 4.98 Å². The maximum absolute atomic E-state index is 13.0. The fourth-order valence-electron chi connectivity index (χ4n) is 4.11. The minimum Gasteiger partial charge on any atom is -0.356 e. The molecule has 1 saturated heterocycles. The van der Waals surface area contributed by atoms with Gasteiger partial charge in [0, 0.05) is 42.2 Å². The van der Waals surface area contributed by atoms with Crippen molar-refractivity contribution in [3.63, 3.8) is 0 Å². The summed E-state index contributed by atoms with van der Waals surface area (Å²) < 4.78 is 0. The van der Waals surface area contributed by atoms with Gasteiger partial charge in [0.25, 0.3) is 5.91 Å². The number of hydrogen-bond donors (Lipinski definition) is 0. The number of hydrogen-bond acceptors (Lipinski definition) is 5. The van der Waals surface area contributed by atoms with Crippen LogP contribution in [0.4, 0.5) is 11.5 Å². The van der Waals surface area contributed by atoms with E-state index in [1.807, 2.05) is 55.9 Å². The van der Waals surface area contributed by atoms with Gasteiger partial charge in [0.15, 0.2) is 0 Å². The summed E-state index contributed by atoms with van der Waals surface area (Å²) in [4.78, 5) is 27.8. The minimum atomic E-state index is 0.0464. The monoisotopic (exact) mass is 436 g/mol. The third kappa shape index (κ3) is 3.50. The second kappa shape index (κ2) is 7.85. The first-order valence-electron chi connectivity index (χ1n) is 9.96. The quantitative estimate of drug-likeness (QED) is 0.531. The predicted octanol–water partition coefficient (Wildman–Crippen LogP) is 5.15. The molecule has 0 radical (unpaired) electrons. The maximum atomic E-state index is 13.0. The number of halogens is 1. The van der Waals surface area contributed by atoms with Crippen LogP contribution in [0.15, 0.2) is 53.7 Å². The number of fused-ring (bicyclic) bond motifs is 1. The van der Waals surface area contributed by atoms with Crippen LogP contribution in [-0.2, 0) is 6.54 Å². The molecule has 2 aliphatic heterocycles. The number of carbonyl (C=O) groups is 1. The second-order valence-corrected chi connectivity index (χ2v) is 9.13. The first-order chi connectivity index (χ1) is 14.6. The number of aromatic nitrogens is 1. The van der Waals surface area contributed by atoms with E-state index in [2.05, 4.69) is 20.9 Å². The zero-order chi connectivity index (χ0) is 20.7. The average molecular weight is 437 g/mol. The number of pyridine rings is 1. The summed E-state index contributed by atoms with van der Waals surface area (Å²) in [6, 6.07) is 13.9.